The quantitative estimate of drug-likeness (QED) is 0.701. The minimum Gasteiger partial charge on any atom is -0.457 e. The molecule has 0 saturated carbocycles. The number of benzene rings is 2. The molecule has 2 aromatic rings. The molecule has 1 N–H and O–H groups in total. The third kappa shape index (κ3) is 6.08. The Morgan fingerprint density at radius 2 is 1.81 bits per heavy atom. The van der Waals surface area contributed by atoms with Crippen molar-refractivity contribution in [2.24, 2.45) is 5.41 Å². The van der Waals surface area contributed by atoms with Crippen LogP contribution in [0.4, 0.5) is 0 Å². The number of piperidine rings is 1. The fraction of sp³-hybridized carbons (Fsp3) is 0.517. The van der Waals surface area contributed by atoms with Crippen molar-refractivity contribution in [2.75, 3.05) is 39.5 Å². The Labute approximate surface area is 213 Å². The Hall–Kier alpha value is -2.90. The Bertz CT molecular complexity index is 1060. The zero-order valence-electron chi connectivity index (χ0n) is 20.9. The van der Waals surface area contributed by atoms with E-state index in [0.29, 0.717) is 45.5 Å². The van der Waals surface area contributed by atoms with Crippen LogP contribution in [0.3, 0.4) is 0 Å². The summed E-state index contributed by atoms with van der Waals surface area (Å²) in [6.07, 6.45) is 5.94. The second kappa shape index (κ2) is 11.4. The van der Waals surface area contributed by atoms with Crippen molar-refractivity contribution in [1.29, 1.82) is 0 Å². The number of likely N-dealkylation sites (tertiary alicyclic amines) is 1. The van der Waals surface area contributed by atoms with E-state index in [9.17, 15) is 9.59 Å². The van der Waals surface area contributed by atoms with E-state index in [-0.39, 0.29) is 24.5 Å². The summed E-state index contributed by atoms with van der Waals surface area (Å²) in [5.41, 5.74) is 1.63. The van der Waals surface area contributed by atoms with Gasteiger partial charge in [-0.1, -0.05) is 24.3 Å². The first kappa shape index (κ1) is 24.8. The van der Waals surface area contributed by atoms with Crippen molar-refractivity contribution in [3.8, 4) is 11.5 Å². The van der Waals surface area contributed by atoms with Gasteiger partial charge in [-0.05, 0) is 80.3 Å². The summed E-state index contributed by atoms with van der Waals surface area (Å²) < 4.78 is 17.5. The topological polar surface area (TPSA) is 77.1 Å². The molecule has 0 aromatic heterocycles. The molecule has 1 spiro atoms. The number of rotatable bonds is 4. The molecule has 1 atom stereocenters. The number of nitrogens with zero attached hydrogens (tertiary/aromatic N) is 1. The zero-order chi connectivity index (χ0) is 24.8. The average molecular weight is 493 g/mol. The van der Waals surface area contributed by atoms with Crippen molar-refractivity contribution in [3.05, 3.63) is 59.7 Å². The molecule has 1 unspecified atom stereocenters. The van der Waals surface area contributed by atoms with Gasteiger partial charge in [0.25, 0.3) is 0 Å². The average Bonchev–Trinajstić information content (AvgIpc) is 2.90. The van der Waals surface area contributed by atoms with E-state index in [0.717, 1.165) is 54.9 Å². The molecule has 2 amide bonds. The predicted molar refractivity (Wildman–Crippen MR) is 136 cm³/mol. The van der Waals surface area contributed by atoms with E-state index in [1.165, 1.54) is 0 Å². The molecule has 7 heteroatoms. The van der Waals surface area contributed by atoms with E-state index >= 15 is 0 Å². The number of carbonyl (C=O) groups excluding carboxylic acids is 2. The van der Waals surface area contributed by atoms with Crippen molar-refractivity contribution in [2.45, 2.75) is 51.0 Å². The summed E-state index contributed by atoms with van der Waals surface area (Å²) in [7, 11) is 0. The first-order valence-corrected chi connectivity index (χ1v) is 13.2. The monoisotopic (exact) mass is 492 g/mol. The van der Waals surface area contributed by atoms with Crippen LogP contribution >= 0.6 is 0 Å². The molecule has 2 saturated heterocycles. The molecule has 5 rings (SSSR count). The van der Waals surface area contributed by atoms with Crippen LogP contribution in [0.2, 0.25) is 0 Å². The van der Waals surface area contributed by atoms with E-state index in [4.69, 9.17) is 14.2 Å². The molecule has 3 heterocycles. The fourth-order valence-corrected chi connectivity index (χ4v) is 5.49. The normalized spacial score (nSPS) is 21.9. The summed E-state index contributed by atoms with van der Waals surface area (Å²) >= 11 is 0. The minimum atomic E-state index is -0.557. The SMILES string of the molecule is O=C(COCC1CCCCO1)N1CCC2(CC1)Cc1cccc(c1)Oc1cccc(c1)CCNC2=O. The lowest BCUT2D eigenvalue weighted by Gasteiger charge is -2.41. The number of carbonyl (C=O) groups is 2. The highest BCUT2D eigenvalue weighted by Crippen LogP contribution is 2.37. The summed E-state index contributed by atoms with van der Waals surface area (Å²) in [5.74, 6) is 1.63. The van der Waals surface area contributed by atoms with Crippen molar-refractivity contribution < 1.29 is 23.8 Å². The van der Waals surface area contributed by atoms with Gasteiger partial charge >= 0.3 is 0 Å². The highest BCUT2D eigenvalue weighted by Gasteiger charge is 2.42. The molecule has 3 aliphatic rings. The van der Waals surface area contributed by atoms with Gasteiger partial charge in [0.15, 0.2) is 0 Å². The molecule has 192 valence electrons. The van der Waals surface area contributed by atoms with Gasteiger partial charge in [-0.15, -0.1) is 0 Å². The summed E-state index contributed by atoms with van der Waals surface area (Å²) in [6.45, 7) is 2.98. The van der Waals surface area contributed by atoms with Gasteiger partial charge in [-0.25, -0.2) is 0 Å². The first-order chi connectivity index (χ1) is 17.6. The van der Waals surface area contributed by atoms with E-state index in [1.807, 2.05) is 41.3 Å². The minimum absolute atomic E-state index is 0.0135. The van der Waals surface area contributed by atoms with Crippen LogP contribution in [0, 0.1) is 5.41 Å². The van der Waals surface area contributed by atoms with Crippen LogP contribution in [-0.2, 0) is 31.9 Å². The van der Waals surface area contributed by atoms with Crippen molar-refractivity contribution in [3.63, 3.8) is 0 Å². The maximum Gasteiger partial charge on any atom is 0.248 e. The van der Waals surface area contributed by atoms with Gasteiger partial charge in [-0.2, -0.15) is 0 Å². The Morgan fingerprint density at radius 1 is 1.06 bits per heavy atom. The zero-order valence-corrected chi connectivity index (χ0v) is 20.9. The van der Waals surface area contributed by atoms with Gasteiger partial charge in [0.1, 0.15) is 18.1 Å². The lowest BCUT2D eigenvalue weighted by Crippen LogP contribution is -2.52. The van der Waals surface area contributed by atoms with Crippen LogP contribution < -0.4 is 10.1 Å². The largest absolute Gasteiger partial charge is 0.457 e. The number of hydrogen-bond acceptors (Lipinski definition) is 5. The van der Waals surface area contributed by atoms with E-state index in [1.54, 1.807) is 0 Å². The summed E-state index contributed by atoms with van der Waals surface area (Å²) in [6, 6.07) is 16.0. The molecule has 4 bridgehead atoms. The molecular weight excluding hydrogens is 456 g/mol. The third-order valence-electron chi connectivity index (χ3n) is 7.63. The van der Waals surface area contributed by atoms with E-state index < -0.39 is 5.41 Å². The molecule has 7 nitrogen and oxygen atoms in total. The molecule has 2 fully saturated rings. The highest BCUT2D eigenvalue weighted by atomic mass is 16.5. The maximum absolute atomic E-state index is 13.6. The maximum atomic E-state index is 13.6. The van der Waals surface area contributed by atoms with Gasteiger partial charge in [-0.3, -0.25) is 9.59 Å². The van der Waals surface area contributed by atoms with Gasteiger partial charge in [0, 0.05) is 26.2 Å². The van der Waals surface area contributed by atoms with Crippen LogP contribution in [0.25, 0.3) is 0 Å². The number of fused-ring (bicyclic) bond motifs is 4. The van der Waals surface area contributed by atoms with Crippen LogP contribution in [0.5, 0.6) is 11.5 Å². The third-order valence-corrected chi connectivity index (χ3v) is 7.63. The Balaban J connectivity index is 1.24. The summed E-state index contributed by atoms with van der Waals surface area (Å²) in [4.78, 5) is 28.2. The molecular formula is C29H36N2O5. The van der Waals surface area contributed by atoms with Crippen LogP contribution in [-0.4, -0.2) is 62.3 Å². The lowest BCUT2D eigenvalue weighted by atomic mass is 9.73. The number of amides is 2. The van der Waals surface area contributed by atoms with Crippen LogP contribution in [0.1, 0.15) is 43.2 Å². The molecule has 0 radical (unpaired) electrons. The van der Waals surface area contributed by atoms with Gasteiger partial charge < -0.3 is 24.4 Å². The highest BCUT2D eigenvalue weighted by molar-refractivity contribution is 5.84. The molecule has 36 heavy (non-hydrogen) atoms. The fourth-order valence-electron chi connectivity index (χ4n) is 5.49. The first-order valence-electron chi connectivity index (χ1n) is 13.2. The number of hydrogen-bond donors (Lipinski definition) is 1. The van der Waals surface area contributed by atoms with Crippen LogP contribution in [0.15, 0.2) is 48.5 Å². The molecule has 3 aliphatic heterocycles. The van der Waals surface area contributed by atoms with Gasteiger partial charge in [0.05, 0.1) is 18.1 Å². The standard InChI is InChI=1S/C29H36N2O5/c32-27(21-34-20-26-7-1-2-16-35-26)31-14-11-29(12-15-31)19-23-6-4-9-25(18-23)36-24-8-3-5-22(17-24)10-13-30-28(29)33/h3-6,8-9,17-18,26H,1-2,7,10-16,19-21H2,(H,30,33). The van der Waals surface area contributed by atoms with Crippen molar-refractivity contribution >= 4 is 11.8 Å². The molecule has 0 aliphatic carbocycles. The number of nitrogens with one attached hydrogen (secondary N) is 1. The lowest BCUT2D eigenvalue weighted by molar-refractivity contribution is -0.144. The second-order valence-electron chi connectivity index (χ2n) is 10.2. The van der Waals surface area contributed by atoms with E-state index in [2.05, 4.69) is 17.4 Å². The number of ether oxygens (including phenoxy) is 3. The molecule has 2 aromatic carbocycles. The Kier molecular flexibility index (Phi) is 7.87. The summed E-state index contributed by atoms with van der Waals surface area (Å²) in [5, 5.41) is 3.19. The van der Waals surface area contributed by atoms with Gasteiger partial charge in [0.2, 0.25) is 11.8 Å². The second-order valence-corrected chi connectivity index (χ2v) is 10.2. The Morgan fingerprint density at radius 3 is 2.56 bits per heavy atom. The smallest absolute Gasteiger partial charge is 0.248 e. The predicted octanol–water partition coefficient (Wildman–Crippen LogP) is 3.89. The van der Waals surface area contributed by atoms with Crippen molar-refractivity contribution in [1.82, 2.24) is 10.2 Å².